The fourth-order valence-electron chi connectivity index (χ4n) is 3.65. The van der Waals surface area contributed by atoms with Crippen LogP contribution in [0.5, 0.6) is 0 Å². The monoisotopic (exact) mass is 444 g/mol. The Kier molecular flexibility index (Phi) is 7.22. The summed E-state index contributed by atoms with van der Waals surface area (Å²) in [4.78, 5) is 49.9. The number of benzene rings is 1. The predicted octanol–water partition coefficient (Wildman–Crippen LogP) is 2.36. The maximum Gasteiger partial charge on any atom is 0.342 e. The zero-order valence-electron chi connectivity index (χ0n) is 17.8. The number of amides is 2. The van der Waals surface area contributed by atoms with Crippen molar-refractivity contribution in [3.8, 4) is 0 Å². The van der Waals surface area contributed by atoms with Crippen molar-refractivity contribution in [3.63, 3.8) is 0 Å². The van der Waals surface area contributed by atoms with Gasteiger partial charge in [-0.3, -0.25) is 9.59 Å². The first-order valence-corrected chi connectivity index (χ1v) is 10.6. The van der Waals surface area contributed by atoms with E-state index < -0.39 is 5.97 Å². The Morgan fingerprint density at radius 3 is 2.48 bits per heavy atom. The van der Waals surface area contributed by atoms with Crippen LogP contribution in [0.4, 0.5) is 0 Å². The third-order valence-electron chi connectivity index (χ3n) is 5.17. The molecule has 1 aromatic carbocycles. The highest BCUT2D eigenvalue weighted by atomic mass is 35.5. The molecule has 1 saturated heterocycles. The number of ether oxygens (including phenoxy) is 1. The van der Waals surface area contributed by atoms with Crippen LogP contribution >= 0.6 is 11.6 Å². The number of aryl methyl sites for hydroxylation is 2. The highest BCUT2D eigenvalue weighted by Crippen LogP contribution is 2.19. The zero-order chi connectivity index (χ0) is 22.5. The van der Waals surface area contributed by atoms with Crippen LogP contribution in [-0.4, -0.2) is 69.1 Å². The van der Waals surface area contributed by atoms with Crippen molar-refractivity contribution in [3.05, 3.63) is 58.7 Å². The fraction of sp³-hybridized carbons (Fsp3) is 0.409. The van der Waals surface area contributed by atoms with E-state index in [1.165, 1.54) is 0 Å². The molecular formula is C22H25ClN4O4. The lowest BCUT2D eigenvalue weighted by molar-refractivity contribution is -0.132. The van der Waals surface area contributed by atoms with E-state index in [1.54, 1.807) is 23.6 Å². The largest absolute Gasteiger partial charge is 0.457 e. The first kappa shape index (κ1) is 22.7. The first-order valence-electron chi connectivity index (χ1n) is 10.0. The topological polar surface area (TPSA) is 92.7 Å². The summed E-state index contributed by atoms with van der Waals surface area (Å²) in [5, 5.41) is 0. The Balaban J connectivity index is 1.81. The van der Waals surface area contributed by atoms with Gasteiger partial charge < -0.3 is 14.5 Å². The van der Waals surface area contributed by atoms with E-state index in [-0.39, 0.29) is 41.6 Å². The van der Waals surface area contributed by atoms with E-state index in [9.17, 15) is 14.4 Å². The van der Waals surface area contributed by atoms with Gasteiger partial charge in [0.2, 0.25) is 5.91 Å². The number of aromatic nitrogens is 2. The molecule has 2 aromatic rings. The van der Waals surface area contributed by atoms with Crippen molar-refractivity contribution in [2.75, 3.05) is 25.5 Å². The fourth-order valence-corrected chi connectivity index (χ4v) is 3.80. The van der Waals surface area contributed by atoms with Crippen molar-refractivity contribution in [2.24, 2.45) is 0 Å². The van der Waals surface area contributed by atoms with Gasteiger partial charge in [-0.2, -0.15) is 0 Å². The molecule has 31 heavy (non-hydrogen) atoms. The van der Waals surface area contributed by atoms with E-state index in [1.807, 2.05) is 37.3 Å². The Labute approximate surface area is 186 Å². The first-order chi connectivity index (χ1) is 14.8. The number of piperazine rings is 1. The van der Waals surface area contributed by atoms with E-state index >= 15 is 0 Å². The SMILES string of the molecule is Cc1nc(C)c(C(=O)OCc2ccccc2)c(C(=O)N2CCN(C(=O)CCl)C(C)C2)n1. The van der Waals surface area contributed by atoms with Crippen molar-refractivity contribution >= 4 is 29.4 Å². The van der Waals surface area contributed by atoms with Gasteiger partial charge in [0.25, 0.3) is 5.91 Å². The van der Waals surface area contributed by atoms with Crippen LogP contribution in [0.2, 0.25) is 0 Å². The van der Waals surface area contributed by atoms with Crippen LogP contribution in [0, 0.1) is 13.8 Å². The second kappa shape index (κ2) is 9.87. The number of rotatable bonds is 5. The van der Waals surface area contributed by atoms with Gasteiger partial charge in [0.1, 0.15) is 29.6 Å². The van der Waals surface area contributed by atoms with Gasteiger partial charge in [-0.05, 0) is 26.3 Å². The van der Waals surface area contributed by atoms with E-state index in [0.717, 1.165) is 5.56 Å². The molecule has 2 amide bonds. The standard InChI is InChI=1S/C22H25ClN4O4/c1-14-12-26(9-10-27(14)18(28)11-23)21(29)20-19(15(2)24-16(3)25-20)22(30)31-13-17-7-5-4-6-8-17/h4-8,14H,9-13H2,1-3H3. The van der Waals surface area contributed by atoms with E-state index in [0.29, 0.717) is 31.2 Å². The molecular weight excluding hydrogens is 420 g/mol. The maximum absolute atomic E-state index is 13.3. The van der Waals surface area contributed by atoms with Gasteiger partial charge in [-0.1, -0.05) is 30.3 Å². The van der Waals surface area contributed by atoms with Gasteiger partial charge in [0.05, 0.1) is 5.69 Å². The summed E-state index contributed by atoms with van der Waals surface area (Å²) >= 11 is 5.67. The van der Waals surface area contributed by atoms with Crippen LogP contribution in [0.15, 0.2) is 30.3 Å². The molecule has 1 unspecified atom stereocenters. The average molecular weight is 445 g/mol. The molecule has 0 saturated carbocycles. The molecule has 0 aliphatic carbocycles. The lowest BCUT2D eigenvalue weighted by atomic mass is 10.1. The smallest absolute Gasteiger partial charge is 0.342 e. The quantitative estimate of drug-likeness (QED) is 0.519. The van der Waals surface area contributed by atoms with Crippen LogP contribution in [0.1, 0.15) is 44.9 Å². The molecule has 1 aliphatic rings. The second-order valence-corrected chi connectivity index (χ2v) is 7.73. The normalized spacial score (nSPS) is 16.2. The number of nitrogens with zero attached hydrogens (tertiary/aromatic N) is 4. The number of carbonyl (C=O) groups excluding carboxylic acids is 3. The van der Waals surface area contributed by atoms with Crippen LogP contribution in [0.3, 0.4) is 0 Å². The molecule has 1 aliphatic heterocycles. The second-order valence-electron chi connectivity index (χ2n) is 7.46. The number of esters is 1. The highest BCUT2D eigenvalue weighted by Gasteiger charge is 2.33. The van der Waals surface area contributed by atoms with Gasteiger partial charge in [-0.15, -0.1) is 11.6 Å². The summed E-state index contributed by atoms with van der Waals surface area (Å²) in [7, 11) is 0. The van der Waals surface area contributed by atoms with Gasteiger partial charge in [-0.25, -0.2) is 14.8 Å². The molecule has 1 atom stereocenters. The molecule has 1 fully saturated rings. The third-order valence-corrected chi connectivity index (χ3v) is 5.40. The summed E-state index contributed by atoms with van der Waals surface area (Å²) in [6, 6.07) is 9.09. The molecule has 9 heteroatoms. The number of alkyl halides is 1. The predicted molar refractivity (Wildman–Crippen MR) is 115 cm³/mol. The van der Waals surface area contributed by atoms with E-state index in [2.05, 4.69) is 9.97 Å². The summed E-state index contributed by atoms with van der Waals surface area (Å²) in [6.45, 7) is 6.28. The molecule has 2 heterocycles. The summed E-state index contributed by atoms with van der Waals surface area (Å²) in [5.41, 5.74) is 1.31. The molecule has 3 rings (SSSR count). The minimum absolute atomic E-state index is 0.0207. The van der Waals surface area contributed by atoms with E-state index in [4.69, 9.17) is 16.3 Å². The molecule has 1 aromatic heterocycles. The highest BCUT2D eigenvalue weighted by molar-refractivity contribution is 6.27. The van der Waals surface area contributed by atoms with Crippen molar-refractivity contribution in [2.45, 2.75) is 33.4 Å². The zero-order valence-corrected chi connectivity index (χ0v) is 18.6. The molecule has 8 nitrogen and oxygen atoms in total. The van der Waals surface area contributed by atoms with Crippen LogP contribution in [0.25, 0.3) is 0 Å². The number of hydrogen-bond acceptors (Lipinski definition) is 6. The van der Waals surface area contributed by atoms with Crippen LogP contribution in [-0.2, 0) is 16.1 Å². The van der Waals surface area contributed by atoms with Crippen LogP contribution < -0.4 is 0 Å². The molecule has 0 spiro atoms. The third kappa shape index (κ3) is 5.19. The molecule has 0 bridgehead atoms. The minimum Gasteiger partial charge on any atom is -0.457 e. The maximum atomic E-state index is 13.3. The lowest BCUT2D eigenvalue weighted by Crippen LogP contribution is -2.56. The molecule has 0 N–H and O–H groups in total. The lowest BCUT2D eigenvalue weighted by Gasteiger charge is -2.39. The van der Waals surface area contributed by atoms with Crippen molar-refractivity contribution < 1.29 is 19.1 Å². The van der Waals surface area contributed by atoms with Gasteiger partial charge in [0, 0.05) is 25.7 Å². The summed E-state index contributed by atoms with van der Waals surface area (Å²) in [6.07, 6.45) is 0. The summed E-state index contributed by atoms with van der Waals surface area (Å²) in [5.74, 6) is -0.900. The minimum atomic E-state index is -0.645. The Hall–Kier alpha value is -3.00. The van der Waals surface area contributed by atoms with Crippen molar-refractivity contribution in [1.29, 1.82) is 0 Å². The van der Waals surface area contributed by atoms with Crippen molar-refractivity contribution in [1.82, 2.24) is 19.8 Å². The molecule has 164 valence electrons. The molecule has 0 radical (unpaired) electrons. The number of hydrogen-bond donors (Lipinski definition) is 0. The van der Waals surface area contributed by atoms with Gasteiger partial charge >= 0.3 is 5.97 Å². The van der Waals surface area contributed by atoms with Gasteiger partial charge in [0.15, 0.2) is 0 Å². The number of carbonyl (C=O) groups is 3. The number of halogens is 1. The Bertz CT molecular complexity index is 983. The summed E-state index contributed by atoms with van der Waals surface area (Å²) < 4.78 is 5.44. The Morgan fingerprint density at radius 2 is 1.84 bits per heavy atom. The Morgan fingerprint density at radius 1 is 1.13 bits per heavy atom. The average Bonchev–Trinajstić information content (AvgIpc) is 2.76.